The number of aromatic nitrogens is 2. The smallest absolute Gasteiger partial charge is 0.173 e. The van der Waals surface area contributed by atoms with Crippen molar-refractivity contribution < 1.29 is 5.21 Å². The quantitative estimate of drug-likeness (QED) is 0.367. The van der Waals surface area contributed by atoms with Gasteiger partial charge in [-0.3, -0.25) is 0 Å². The lowest BCUT2D eigenvalue weighted by molar-refractivity contribution is 0.318. The SMILES string of the molecule is CC1(C)CCN(c2nnccc2/C(N)=N/O)CCS1. The van der Waals surface area contributed by atoms with Gasteiger partial charge in [-0.15, -0.1) is 5.10 Å². The molecule has 1 saturated heterocycles. The highest BCUT2D eigenvalue weighted by Crippen LogP contribution is 2.32. The first kappa shape index (κ1) is 13.9. The monoisotopic (exact) mass is 281 g/mol. The van der Waals surface area contributed by atoms with Gasteiger partial charge in [-0.1, -0.05) is 19.0 Å². The summed E-state index contributed by atoms with van der Waals surface area (Å²) in [6, 6.07) is 1.72. The third-order valence-electron chi connectivity index (χ3n) is 3.22. The van der Waals surface area contributed by atoms with Crippen LogP contribution in [0, 0.1) is 0 Å². The summed E-state index contributed by atoms with van der Waals surface area (Å²) in [6.07, 6.45) is 2.61. The van der Waals surface area contributed by atoms with Crippen LogP contribution in [0.1, 0.15) is 25.8 Å². The lowest BCUT2D eigenvalue weighted by Gasteiger charge is -2.24. The maximum Gasteiger partial charge on any atom is 0.173 e. The second kappa shape index (κ2) is 5.64. The van der Waals surface area contributed by atoms with Crippen molar-refractivity contribution in [2.24, 2.45) is 10.9 Å². The topological polar surface area (TPSA) is 87.6 Å². The van der Waals surface area contributed by atoms with Crippen LogP contribution in [0.25, 0.3) is 0 Å². The molecular formula is C12H19N5OS. The van der Waals surface area contributed by atoms with Crippen molar-refractivity contribution >= 4 is 23.4 Å². The Balaban J connectivity index is 2.27. The second-order valence-electron chi connectivity index (χ2n) is 5.10. The first-order valence-corrected chi connectivity index (χ1v) is 7.20. The second-order valence-corrected chi connectivity index (χ2v) is 6.90. The van der Waals surface area contributed by atoms with Crippen LogP contribution >= 0.6 is 11.8 Å². The van der Waals surface area contributed by atoms with Crippen LogP contribution in [0.3, 0.4) is 0 Å². The maximum absolute atomic E-state index is 8.84. The van der Waals surface area contributed by atoms with Gasteiger partial charge in [0.1, 0.15) is 0 Å². The fourth-order valence-electron chi connectivity index (χ4n) is 2.04. The fourth-order valence-corrected chi connectivity index (χ4v) is 3.14. The Bertz CT molecular complexity index is 477. The van der Waals surface area contributed by atoms with E-state index in [2.05, 4.69) is 34.1 Å². The molecule has 0 spiro atoms. The molecule has 1 aromatic rings. The van der Waals surface area contributed by atoms with Crippen molar-refractivity contribution in [1.29, 1.82) is 0 Å². The molecule has 3 N–H and O–H groups in total. The van der Waals surface area contributed by atoms with E-state index >= 15 is 0 Å². The molecule has 0 atom stereocenters. The molecule has 6 nitrogen and oxygen atoms in total. The van der Waals surface area contributed by atoms with E-state index in [0.717, 1.165) is 25.3 Å². The zero-order chi connectivity index (χ0) is 13.9. The predicted molar refractivity (Wildman–Crippen MR) is 77.9 cm³/mol. The van der Waals surface area contributed by atoms with Gasteiger partial charge in [0.25, 0.3) is 0 Å². The molecule has 7 heteroatoms. The van der Waals surface area contributed by atoms with Crippen LogP contribution in [0.5, 0.6) is 0 Å². The molecule has 0 aromatic carbocycles. The summed E-state index contributed by atoms with van der Waals surface area (Å²) in [5.41, 5.74) is 6.32. The number of nitrogens with zero attached hydrogens (tertiary/aromatic N) is 4. The molecule has 1 fully saturated rings. The lowest BCUT2D eigenvalue weighted by Crippen LogP contribution is -2.31. The third kappa shape index (κ3) is 3.28. The first-order chi connectivity index (χ1) is 9.03. The van der Waals surface area contributed by atoms with Crippen LogP contribution < -0.4 is 10.6 Å². The maximum atomic E-state index is 8.84. The molecule has 104 valence electrons. The molecule has 0 amide bonds. The minimum Gasteiger partial charge on any atom is -0.409 e. The van der Waals surface area contributed by atoms with Crippen LogP contribution in [0.4, 0.5) is 5.82 Å². The van der Waals surface area contributed by atoms with Gasteiger partial charge in [-0.2, -0.15) is 16.9 Å². The molecule has 19 heavy (non-hydrogen) atoms. The summed E-state index contributed by atoms with van der Waals surface area (Å²) in [5.74, 6) is 1.79. The summed E-state index contributed by atoms with van der Waals surface area (Å²) >= 11 is 1.96. The Morgan fingerprint density at radius 2 is 2.32 bits per heavy atom. The van der Waals surface area contributed by atoms with Crippen molar-refractivity contribution in [3.63, 3.8) is 0 Å². The van der Waals surface area contributed by atoms with Crippen molar-refractivity contribution in [2.75, 3.05) is 23.7 Å². The van der Waals surface area contributed by atoms with E-state index in [4.69, 9.17) is 10.9 Å². The summed E-state index contributed by atoms with van der Waals surface area (Å²) in [4.78, 5) is 2.15. The van der Waals surface area contributed by atoms with Gasteiger partial charge in [0.05, 0.1) is 11.8 Å². The number of thioether (sulfide) groups is 1. The Kier molecular flexibility index (Phi) is 4.14. The molecule has 2 rings (SSSR count). The minimum absolute atomic E-state index is 0.0704. The summed E-state index contributed by atoms with van der Waals surface area (Å²) in [7, 11) is 0. The molecule has 0 radical (unpaired) electrons. The van der Waals surface area contributed by atoms with Crippen molar-refractivity contribution in [3.05, 3.63) is 17.8 Å². The van der Waals surface area contributed by atoms with E-state index in [1.54, 1.807) is 12.3 Å². The van der Waals surface area contributed by atoms with E-state index in [-0.39, 0.29) is 10.6 Å². The Hall–Kier alpha value is -1.50. The van der Waals surface area contributed by atoms with Gasteiger partial charge in [0.15, 0.2) is 11.7 Å². The lowest BCUT2D eigenvalue weighted by atomic mass is 10.1. The molecule has 1 aliphatic rings. The van der Waals surface area contributed by atoms with Gasteiger partial charge in [0, 0.05) is 23.6 Å². The Morgan fingerprint density at radius 1 is 1.53 bits per heavy atom. The normalized spacial score (nSPS) is 20.1. The molecule has 1 aromatic heterocycles. The van der Waals surface area contributed by atoms with Gasteiger partial charge in [-0.05, 0) is 12.5 Å². The zero-order valence-corrected chi connectivity index (χ0v) is 12.0. The van der Waals surface area contributed by atoms with Crippen LogP contribution in [0.15, 0.2) is 17.4 Å². The number of oxime groups is 1. The Labute approximate surface area is 117 Å². The van der Waals surface area contributed by atoms with Crippen molar-refractivity contribution in [2.45, 2.75) is 25.0 Å². The van der Waals surface area contributed by atoms with E-state index in [0.29, 0.717) is 11.4 Å². The molecular weight excluding hydrogens is 262 g/mol. The number of nitrogens with two attached hydrogens (primary N) is 1. The Morgan fingerprint density at radius 3 is 3.05 bits per heavy atom. The molecule has 0 aliphatic carbocycles. The molecule has 0 unspecified atom stereocenters. The van der Waals surface area contributed by atoms with Gasteiger partial charge in [-0.25, -0.2) is 0 Å². The third-order valence-corrected chi connectivity index (χ3v) is 4.59. The molecule has 1 aliphatic heterocycles. The summed E-state index contributed by atoms with van der Waals surface area (Å²) in [6.45, 7) is 6.29. The number of amidine groups is 1. The zero-order valence-electron chi connectivity index (χ0n) is 11.2. The van der Waals surface area contributed by atoms with Gasteiger partial charge >= 0.3 is 0 Å². The standard InChI is InChI=1S/C12H19N5OS/c1-12(2)4-6-17(7-8-19-12)11-9(10(13)16-18)3-5-14-15-11/h3,5,18H,4,6-8H2,1-2H3,(H2,13,16). The number of hydrogen-bond acceptors (Lipinski definition) is 6. The first-order valence-electron chi connectivity index (χ1n) is 6.22. The summed E-state index contributed by atoms with van der Waals surface area (Å²) < 4.78 is 0.272. The average Bonchev–Trinajstić information content (AvgIpc) is 2.59. The van der Waals surface area contributed by atoms with Crippen LogP contribution in [-0.4, -0.2) is 44.8 Å². The average molecular weight is 281 g/mol. The van der Waals surface area contributed by atoms with E-state index in [1.807, 2.05) is 11.8 Å². The highest BCUT2D eigenvalue weighted by atomic mass is 32.2. The van der Waals surface area contributed by atoms with Crippen molar-refractivity contribution in [3.8, 4) is 0 Å². The van der Waals surface area contributed by atoms with E-state index < -0.39 is 0 Å². The van der Waals surface area contributed by atoms with Gasteiger partial charge < -0.3 is 15.8 Å². The van der Waals surface area contributed by atoms with Crippen LogP contribution in [0.2, 0.25) is 0 Å². The number of anilines is 1. The van der Waals surface area contributed by atoms with E-state index in [9.17, 15) is 0 Å². The minimum atomic E-state index is 0.0704. The fraction of sp³-hybridized carbons (Fsp3) is 0.583. The molecule has 0 saturated carbocycles. The van der Waals surface area contributed by atoms with Gasteiger partial charge in [0.2, 0.25) is 0 Å². The number of hydrogen-bond donors (Lipinski definition) is 2. The predicted octanol–water partition coefficient (Wildman–Crippen LogP) is 1.29. The van der Waals surface area contributed by atoms with Crippen molar-refractivity contribution in [1.82, 2.24) is 10.2 Å². The highest BCUT2D eigenvalue weighted by Gasteiger charge is 2.26. The number of rotatable bonds is 2. The highest BCUT2D eigenvalue weighted by molar-refractivity contribution is 8.00. The largest absolute Gasteiger partial charge is 0.409 e. The summed E-state index contributed by atoms with van der Waals surface area (Å²) in [5, 5.41) is 20.0. The molecule has 0 bridgehead atoms. The molecule has 2 heterocycles. The van der Waals surface area contributed by atoms with Crippen LogP contribution in [-0.2, 0) is 0 Å². The van der Waals surface area contributed by atoms with E-state index in [1.165, 1.54) is 0 Å².